The molecule has 26 heavy (non-hydrogen) atoms. The summed E-state index contributed by atoms with van der Waals surface area (Å²) in [5.41, 5.74) is 1.91. The van der Waals surface area contributed by atoms with Gasteiger partial charge in [-0.3, -0.25) is 0 Å². The van der Waals surface area contributed by atoms with Crippen LogP contribution >= 0.6 is 11.3 Å². The lowest BCUT2D eigenvalue weighted by atomic mass is 10.0. The number of aliphatic hydroxyl groups excluding tert-OH is 1. The van der Waals surface area contributed by atoms with Crippen molar-refractivity contribution in [1.29, 1.82) is 0 Å². The Morgan fingerprint density at radius 3 is 2.65 bits per heavy atom. The fourth-order valence-electron chi connectivity index (χ4n) is 2.74. The molecular formula is C18H19N3O4S. The molecule has 0 aliphatic rings. The quantitative estimate of drug-likeness (QED) is 0.585. The summed E-state index contributed by atoms with van der Waals surface area (Å²) in [7, 11) is 0. The third-order valence-corrected chi connectivity index (χ3v) is 4.92. The number of fused-ring (bicyclic) bond motifs is 1. The SMILES string of the molecule is CCOc1ccc(-c2c(C)sc3ncnc(NC(CO)C(=O)O)c23)cc1. The molecule has 0 aliphatic carbocycles. The van der Waals surface area contributed by atoms with E-state index in [2.05, 4.69) is 15.3 Å². The van der Waals surface area contributed by atoms with Crippen LogP contribution in [0, 0.1) is 6.92 Å². The molecule has 0 saturated carbocycles. The monoisotopic (exact) mass is 373 g/mol. The molecule has 0 bridgehead atoms. The summed E-state index contributed by atoms with van der Waals surface area (Å²) in [6.07, 6.45) is 1.39. The molecule has 8 heteroatoms. The Bertz CT molecular complexity index is 924. The van der Waals surface area contributed by atoms with Crippen LogP contribution in [-0.2, 0) is 4.79 Å². The zero-order valence-corrected chi connectivity index (χ0v) is 15.2. The Hall–Kier alpha value is -2.71. The van der Waals surface area contributed by atoms with Crippen molar-refractivity contribution in [2.45, 2.75) is 19.9 Å². The second kappa shape index (κ2) is 7.67. The Kier molecular flexibility index (Phi) is 5.34. The minimum atomic E-state index is -1.14. The van der Waals surface area contributed by atoms with Gasteiger partial charge in [-0.15, -0.1) is 11.3 Å². The van der Waals surface area contributed by atoms with Gasteiger partial charge >= 0.3 is 5.97 Å². The first-order valence-electron chi connectivity index (χ1n) is 8.12. The van der Waals surface area contributed by atoms with E-state index in [4.69, 9.17) is 4.74 Å². The van der Waals surface area contributed by atoms with Gasteiger partial charge in [0.15, 0.2) is 0 Å². The van der Waals surface area contributed by atoms with Gasteiger partial charge in [-0.2, -0.15) is 0 Å². The van der Waals surface area contributed by atoms with Crippen LogP contribution in [0.3, 0.4) is 0 Å². The molecule has 2 heterocycles. The molecule has 136 valence electrons. The number of aryl methyl sites for hydroxylation is 1. The van der Waals surface area contributed by atoms with E-state index in [-0.39, 0.29) is 0 Å². The number of thiophene rings is 1. The molecule has 7 nitrogen and oxygen atoms in total. The van der Waals surface area contributed by atoms with E-state index in [1.165, 1.54) is 17.7 Å². The zero-order chi connectivity index (χ0) is 18.7. The Morgan fingerprint density at radius 1 is 1.31 bits per heavy atom. The van der Waals surface area contributed by atoms with Crippen molar-refractivity contribution >= 4 is 33.3 Å². The van der Waals surface area contributed by atoms with Crippen LogP contribution in [0.25, 0.3) is 21.3 Å². The van der Waals surface area contributed by atoms with Crippen molar-refractivity contribution in [3.05, 3.63) is 35.5 Å². The zero-order valence-electron chi connectivity index (χ0n) is 14.4. The number of aliphatic hydroxyl groups is 1. The fraction of sp³-hybridized carbons (Fsp3) is 0.278. The first kappa shape index (κ1) is 18.1. The molecule has 1 aromatic carbocycles. The number of ether oxygens (including phenoxy) is 1. The number of carboxylic acid groups (broad SMARTS) is 1. The van der Waals surface area contributed by atoms with Gasteiger partial charge in [0.05, 0.1) is 18.6 Å². The van der Waals surface area contributed by atoms with Crippen LogP contribution in [0.15, 0.2) is 30.6 Å². The smallest absolute Gasteiger partial charge is 0.328 e. The topological polar surface area (TPSA) is 105 Å². The molecule has 0 fully saturated rings. The number of anilines is 1. The molecule has 1 atom stereocenters. The number of rotatable bonds is 7. The number of aromatic nitrogens is 2. The van der Waals surface area contributed by atoms with Crippen molar-refractivity contribution in [2.24, 2.45) is 0 Å². The maximum absolute atomic E-state index is 11.3. The Morgan fingerprint density at radius 2 is 2.04 bits per heavy atom. The van der Waals surface area contributed by atoms with E-state index in [1.807, 2.05) is 38.1 Å². The predicted molar refractivity (Wildman–Crippen MR) is 101 cm³/mol. The fourth-order valence-corrected chi connectivity index (χ4v) is 3.75. The molecule has 0 amide bonds. The standard InChI is InChI=1S/C18H19N3O4S/c1-3-25-12-6-4-11(5-7-12)14-10(2)26-17-15(14)16(19-9-20-17)21-13(8-22)18(23)24/h4-7,9,13,22H,3,8H2,1-2H3,(H,23,24)(H,19,20,21). The lowest BCUT2D eigenvalue weighted by Crippen LogP contribution is -2.33. The largest absolute Gasteiger partial charge is 0.494 e. The number of hydrogen-bond donors (Lipinski definition) is 3. The van der Waals surface area contributed by atoms with Crippen molar-refractivity contribution in [1.82, 2.24) is 9.97 Å². The van der Waals surface area contributed by atoms with Gasteiger partial charge in [0.1, 0.15) is 28.8 Å². The molecule has 3 aromatic rings. The third kappa shape index (κ3) is 3.47. The average Bonchev–Trinajstić information content (AvgIpc) is 2.97. The van der Waals surface area contributed by atoms with Crippen molar-refractivity contribution < 1.29 is 19.7 Å². The number of hydrogen-bond acceptors (Lipinski definition) is 7. The number of aliphatic carboxylic acids is 1. The van der Waals surface area contributed by atoms with Crippen LogP contribution < -0.4 is 10.1 Å². The van der Waals surface area contributed by atoms with Gasteiger partial charge in [-0.05, 0) is 31.5 Å². The summed E-state index contributed by atoms with van der Waals surface area (Å²) in [6.45, 7) is 3.98. The van der Waals surface area contributed by atoms with E-state index in [1.54, 1.807) is 0 Å². The molecule has 0 spiro atoms. The minimum Gasteiger partial charge on any atom is -0.494 e. The molecule has 0 saturated heterocycles. The summed E-state index contributed by atoms with van der Waals surface area (Å²) in [5.74, 6) is 0.0350. The Balaban J connectivity index is 2.10. The highest BCUT2D eigenvalue weighted by molar-refractivity contribution is 7.19. The van der Waals surface area contributed by atoms with E-state index in [0.29, 0.717) is 12.4 Å². The van der Waals surface area contributed by atoms with Crippen LogP contribution in [0.2, 0.25) is 0 Å². The molecule has 0 aliphatic heterocycles. The average molecular weight is 373 g/mol. The highest BCUT2D eigenvalue weighted by Crippen LogP contribution is 2.40. The normalized spacial score (nSPS) is 12.1. The minimum absolute atomic E-state index is 0.393. The first-order chi connectivity index (χ1) is 12.5. The predicted octanol–water partition coefficient (Wildman–Crippen LogP) is 2.92. The summed E-state index contributed by atoms with van der Waals surface area (Å²) >= 11 is 1.51. The van der Waals surface area contributed by atoms with Crippen LogP contribution in [0.1, 0.15) is 11.8 Å². The lowest BCUT2D eigenvalue weighted by Gasteiger charge is -2.14. The number of carbonyl (C=O) groups is 1. The second-order valence-corrected chi connectivity index (χ2v) is 6.81. The maximum Gasteiger partial charge on any atom is 0.328 e. The molecule has 3 rings (SSSR count). The van der Waals surface area contributed by atoms with Gasteiger partial charge < -0.3 is 20.3 Å². The van der Waals surface area contributed by atoms with E-state index in [9.17, 15) is 15.0 Å². The number of nitrogens with one attached hydrogen (secondary N) is 1. The van der Waals surface area contributed by atoms with E-state index < -0.39 is 18.6 Å². The van der Waals surface area contributed by atoms with Crippen molar-refractivity contribution in [3.8, 4) is 16.9 Å². The Labute approximate surface area is 154 Å². The van der Waals surface area contributed by atoms with Crippen LogP contribution in [0.5, 0.6) is 5.75 Å². The van der Waals surface area contributed by atoms with E-state index >= 15 is 0 Å². The maximum atomic E-state index is 11.3. The summed E-state index contributed by atoms with van der Waals surface area (Å²) in [6, 6.07) is 6.56. The molecule has 3 N–H and O–H groups in total. The lowest BCUT2D eigenvalue weighted by molar-refractivity contribution is -0.138. The highest BCUT2D eigenvalue weighted by atomic mass is 32.1. The van der Waals surface area contributed by atoms with Gasteiger partial charge in [0.25, 0.3) is 0 Å². The molecule has 2 aromatic heterocycles. The summed E-state index contributed by atoms with van der Waals surface area (Å²) in [4.78, 5) is 21.6. The number of nitrogens with zero attached hydrogens (tertiary/aromatic N) is 2. The number of carboxylic acids is 1. The first-order valence-corrected chi connectivity index (χ1v) is 8.94. The van der Waals surface area contributed by atoms with Gasteiger partial charge in [-0.25, -0.2) is 14.8 Å². The third-order valence-electron chi connectivity index (χ3n) is 3.91. The summed E-state index contributed by atoms with van der Waals surface area (Å²) < 4.78 is 5.49. The molecule has 0 radical (unpaired) electrons. The van der Waals surface area contributed by atoms with E-state index in [0.717, 1.165) is 32.0 Å². The number of benzene rings is 1. The van der Waals surface area contributed by atoms with Gasteiger partial charge in [0.2, 0.25) is 0 Å². The van der Waals surface area contributed by atoms with Crippen molar-refractivity contribution in [3.63, 3.8) is 0 Å². The van der Waals surface area contributed by atoms with Crippen LogP contribution in [-0.4, -0.2) is 45.4 Å². The summed E-state index contributed by atoms with van der Waals surface area (Å²) in [5, 5.41) is 22.1. The van der Waals surface area contributed by atoms with Gasteiger partial charge in [0, 0.05) is 10.4 Å². The van der Waals surface area contributed by atoms with Crippen molar-refractivity contribution in [2.75, 3.05) is 18.5 Å². The molecule has 1 unspecified atom stereocenters. The van der Waals surface area contributed by atoms with Gasteiger partial charge in [-0.1, -0.05) is 12.1 Å². The van der Waals surface area contributed by atoms with Crippen LogP contribution in [0.4, 0.5) is 5.82 Å². The second-order valence-electron chi connectivity index (χ2n) is 5.61. The molecular weight excluding hydrogens is 354 g/mol. The highest BCUT2D eigenvalue weighted by Gasteiger charge is 2.21.